The molecule has 1 heterocycles. The predicted octanol–water partition coefficient (Wildman–Crippen LogP) is 7.81. The van der Waals surface area contributed by atoms with Gasteiger partial charge >= 0.3 is 5.97 Å². The summed E-state index contributed by atoms with van der Waals surface area (Å²) in [6.45, 7) is 7.78. The highest BCUT2D eigenvalue weighted by Crippen LogP contribution is 2.57. The van der Waals surface area contributed by atoms with Crippen LogP contribution in [0.4, 0.5) is 4.39 Å². The predicted molar refractivity (Wildman–Crippen MR) is 155 cm³/mol. The molecule has 1 saturated carbocycles. The van der Waals surface area contributed by atoms with Crippen molar-refractivity contribution in [3.05, 3.63) is 83.2 Å². The van der Waals surface area contributed by atoms with E-state index >= 15 is 4.39 Å². The average molecular weight is 546 g/mol. The van der Waals surface area contributed by atoms with Crippen LogP contribution in [-0.4, -0.2) is 35.2 Å². The number of carboxylic acid groups (broad SMARTS) is 1. The molecule has 2 aliphatic rings. The van der Waals surface area contributed by atoms with E-state index in [1.54, 1.807) is 19.2 Å². The van der Waals surface area contributed by atoms with Gasteiger partial charge < -0.3 is 14.6 Å². The molecule has 0 bridgehead atoms. The lowest BCUT2D eigenvalue weighted by Gasteiger charge is -2.27. The minimum Gasteiger partial charge on any atom is -0.497 e. The van der Waals surface area contributed by atoms with E-state index in [4.69, 9.17) is 9.47 Å². The molecule has 212 valence electrons. The molecule has 5 nitrogen and oxygen atoms in total. The number of hydrogen-bond acceptors (Lipinski definition) is 4. The maximum absolute atomic E-state index is 15.0. The molecule has 2 fully saturated rings. The second-order valence-corrected chi connectivity index (χ2v) is 12.0. The largest absolute Gasteiger partial charge is 0.497 e. The van der Waals surface area contributed by atoms with Gasteiger partial charge in [-0.25, -0.2) is 4.39 Å². The fourth-order valence-electron chi connectivity index (χ4n) is 6.20. The number of methoxy groups -OCH3 is 1. The van der Waals surface area contributed by atoms with E-state index in [1.807, 2.05) is 36.4 Å². The molecule has 3 aromatic rings. The van der Waals surface area contributed by atoms with Crippen LogP contribution in [0.25, 0.3) is 11.1 Å². The summed E-state index contributed by atoms with van der Waals surface area (Å²) in [6, 6.07) is 19.8. The van der Waals surface area contributed by atoms with Crippen LogP contribution >= 0.6 is 0 Å². The standard InChI is InChI=1S/C34H40FNO4/c1-22-8-9-23(2)36(22)20-26-16-24(10-12-29(26)30-18-27(39-4)11-13-32(30)35)21-40-28-7-5-6-25(17-28)31(19-33(37)38)34(3)14-15-34/h5-7,10-13,16-18,22-23,31H,8-9,14-15,19-21H2,1-4H3,(H,37,38)/t22-,23-,31-/m1/s1. The lowest BCUT2D eigenvalue weighted by Crippen LogP contribution is -2.32. The summed E-state index contributed by atoms with van der Waals surface area (Å²) in [4.78, 5) is 14.1. The Morgan fingerprint density at radius 2 is 1.77 bits per heavy atom. The molecule has 0 amide bonds. The minimum atomic E-state index is -0.772. The maximum Gasteiger partial charge on any atom is 0.303 e. The number of halogens is 1. The van der Waals surface area contributed by atoms with Crippen molar-refractivity contribution in [2.24, 2.45) is 5.41 Å². The number of ether oxygens (including phenoxy) is 2. The molecule has 1 saturated heterocycles. The van der Waals surface area contributed by atoms with Crippen LogP contribution in [0.3, 0.4) is 0 Å². The summed E-state index contributed by atoms with van der Waals surface area (Å²) in [5.74, 6) is 0.278. The molecule has 3 aromatic carbocycles. The fourth-order valence-corrected chi connectivity index (χ4v) is 6.20. The third-order valence-corrected chi connectivity index (χ3v) is 9.05. The highest BCUT2D eigenvalue weighted by atomic mass is 19.1. The molecule has 0 unspecified atom stereocenters. The zero-order chi connectivity index (χ0) is 28.4. The van der Waals surface area contributed by atoms with Crippen LogP contribution < -0.4 is 9.47 Å². The van der Waals surface area contributed by atoms with Crippen LogP contribution in [-0.2, 0) is 17.9 Å². The SMILES string of the molecule is COc1ccc(F)c(-c2ccc(COc3cccc([C@@H](CC(=O)O)C4(C)CC4)c3)cc2CN2[C@H](C)CC[C@H]2C)c1. The second kappa shape index (κ2) is 11.6. The number of carboxylic acids is 1. The van der Waals surface area contributed by atoms with E-state index in [9.17, 15) is 9.90 Å². The van der Waals surface area contributed by atoms with Crippen molar-refractivity contribution >= 4 is 5.97 Å². The van der Waals surface area contributed by atoms with Gasteiger partial charge in [0, 0.05) is 24.2 Å². The van der Waals surface area contributed by atoms with Gasteiger partial charge in [-0.3, -0.25) is 9.69 Å². The minimum absolute atomic E-state index is 0.0263. The van der Waals surface area contributed by atoms with Gasteiger partial charge in [0.2, 0.25) is 0 Å². The monoisotopic (exact) mass is 545 g/mol. The van der Waals surface area contributed by atoms with Crippen LogP contribution in [0, 0.1) is 11.2 Å². The van der Waals surface area contributed by atoms with Crippen molar-refractivity contribution in [1.82, 2.24) is 4.90 Å². The number of benzene rings is 3. The van der Waals surface area contributed by atoms with E-state index in [2.05, 4.69) is 31.7 Å². The first-order valence-electron chi connectivity index (χ1n) is 14.3. The van der Waals surface area contributed by atoms with Crippen molar-refractivity contribution in [3.8, 4) is 22.6 Å². The van der Waals surface area contributed by atoms with Gasteiger partial charge in [0.15, 0.2) is 0 Å². The maximum atomic E-state index is 15.0. The van der Waals surface area contributed by atoms with Gasteiger partial charge in [-0.1, -0.05) is 37.3 Å². The van der Waals surface area contributed by atoms with Gasteiger partial charge in [-0.05, 0) is 103 Å². The Labute approximate surface area is 236 Å². The molecule has 0 spiro atoms. The lowest BCUT2D eigenvalue weighted by atomic mass is 9.82. The van der Waals surface area contributed by atoms with Crippen molar-refractivity contribution in [2.45, 2.75) is 84.0 Å². The van der Waals surface area contributed by atoms with Crippen LogP contribution in [0.5, 0.6) is 11.5 Å². The van der Waals surface area contributed by atoms with Gasteiger partial charge in [-0.2, -0.15) is 0 Å². The van der Waals surface area contributed by atoms with Gasteiger partial charge in [0.1, 0.15) is 23.9 Å². The molecule has 0 radical (unpaired) electrons. The number of aliphatic carboxylic acids is 1. The Hall–Kier alpha value is -3.38. The Morgan fingerprint density at radius 1 is 1.02 bits per heavy atom. The zero-order valence-corrected chi connectivity index (χ0v) is 24.0. The first kappa shape index (κ1) is 28.2. The third kappa shape index (κ3) is 6.17. The second-order valence-electron chi connectivity index (χ2n) is 12.0. The average Bonchev–Trinajstić information content (AvgIpc) is 3.62. The van der Waals surface area contributed by atoms with Gasteiger partial charge in [0.25, 0.3) is 0 Å². The van der Waals surface area contributed by atoms with Crippen molar-refractivity contribution in [2.75, 3.05) is 7.11 Å². The molecule has 0 aromatic heterocycles. The van der Waals surface area contributed by atoms with Crippen molar-refractivity contribution < 1.29 is 23.8 Å². The summed E-state index contributed by atoms with van der Waals surface area (Å²) < 4.78 is 26.7. The Kier molecular flexibility index (Phi) is 8.18. The topological polar surface area (TPSA) is 59.0 Å². The molecule has 1 aliphatic heterocycles. The summed E-state index contributed by atoms with van der Waals surface area (Å²) in [7, 11) is 1.59. The molecule has 3 atom stereocenters. The van der Waals surface area contributed by atoms with Crippen molar-refractivity contribution in [1.29, 1.82) is 0 Å². The van der Waals surface area contributed by atoms with E-state index in [-0.39, 0.29) is 23.6 Å². The number of likely N-dealkylation sites (tertiary alicyclic amines) is 1. The highest BCUT2D eigenvalue weighted by Gasteiger charge is 2.46. The normalized spacial score (nSPS) is 20.7. The number of hydrogen-bond donors (Lipinski definition) is 1. The molecule has 5 rings (SSSR count). The Balaban J connectivity index is 1.41. The summed E-state index contributed by atoms with van der Waals surface area (Å²) >= 11 is 0. The van der Waals surface area contributed by atoms with Crippen LogP contribution in [0.2, 0.25) is 0 Å². The number of nitrogens with zero attached hydrogens (tertiary/aromatic N) is 1. The lowest BCUT2D eigenvalue weighted by molar-refractivity contribution is -0.137. The van der Waals surface area contributed by atoms with Gasteiger partial charge in [-0.15, -0.1) is 0 Å². The highest BCUT2D eigenvalue weighted by molar-refractivity contribution is 5.70. The molecule has 6 heteroatoms. The summed E-state index contributed by atoms with van der Waals surface area (Å²) in [6.07, 6.45) is 4.54. The zero-order valence-electron chi connectivity index (χ0n) is 24.0. The van der Waals surface area contributed by atoms with Crippen molar-refractivity contribution in [3.63, 3.8) is 0 Å². The summed E-state index contributed by atoms with van der Waals surface area (Å²) in [5, 5.41) is 9.50. The van der Waals surface area contributed by atoms with E-state index in [1.165, 1.54) is 6.07 Å². The molecular formula is C34H40FNO4. The van der Waals surface area contributed by atoms with Crippen LogP contribution in [0.1, 0.15) is 75.5 Å². The number of carbonyl (C=O) groups is 1. The van der Waals surface area contributed by atoms with E-state index in [0.29, 0.717) is 30.0 Å². The first-order chi connectivity index (χ1) is 19.2. The van der Waals surface area contributed by atoms with E-state index < -0.39 is 5.97 Å². The van der Waals surface area contributed by atoms with Crippen LogP contribution in [0.15, 0.2) is 60.7 Å². The molecule has 40 heavy (non-hydrogen) atoms. The Bertz CT molecular complexity index is 1360. The Morgan fingerprint density at radius 3 is 2.45 bits per heavy atom. The van der Waals surface area contributed by atoms with Gasteiger partial charge in [0.05, 0.1) is 13.5 Å². The first-order valence-corrected chi connectivity index (χ1v) is 14.3. The quantitative estimate of drug-likeness (QED) is 0.266. The molecule has 1 aliphatic carbocycles. The molecule has 1 N–H and O–H groups in total. The number of rotatable bonds is 11. The summed E-state index contributed by atoms with van der Waals surface area (Å²) in [5.41, 5.74) is 4.52. The smallest absolute Gasteiger partial charge is 0.303 e. The van der Waals surface area contributed by atoms with E-state index in [0.717, 1.165) is 60.2 Å². The fraction of sp³-hybridized carbons (Fsp3) is 0.441. The third-order valence-electron chi connectivity index (χ3n) is 9.05. The molecular weight excluding hydrogens is 505 g/mol.